The topological polar surface area (TPSA) is 117 Å². The highest BCUT2D eigenvalue weighted by Gasteiger charge is 2.25. The third-order valence-electron chi connectivity index (χ3n) is 6.35. The SMILES string of the molecule is C=CCC(NC(=O)c1c(F)cc(C)cc1F)c1nc(-c2ccc(NC(=O)OCCOC(C)(C)C)cc2NCCCC)c(Cl)[nH]1. The summed E-state index contributed by atoms with van der Waals surface area (Å²) in [5.41, 5.74) is 1.48. The molecule has 2 amide bonds. The Bertz CT molecular complexity index is 1450. The molecule has 9 nitrogen and oxygen atoms in total. The van der Waals surface area contributed by atoms with Gasteiger partial charge >= 0.3 is 6.09 Å². The number of hydrogen-bond donors (Lipinski definition) is 4. The van der Waals surface area contributed by atoms with Crippen LogP contribution in [0, 0.1) is 18.6 Å². The largest absolute Gasteiger partial charge is 0.447 e. The zero-order valence-corrected chi connectivity index (χ0v) is 26.5. The van der Waals surface area contributed by atoms with E-state index in [1.165, 1.54) is 6.92 Å². The molecule has 0 aliphatic rings. The van der Waals surface area contributed by atoms with Crippen molar-refractivity contribution >= 4 is 35.0 Å². The first-order valence-electron chi connectivity index (χ1n) is 14.4. The zero-order chi connectivity index (χ0) is 32.4. The minimum absolute atomic E-state index is 0.0973. The molecular weight excluding hydrogens is 592 g/mol. The van der Waals surface area contributed by atoms with Crippen LogP contribution in [0.2, 0.25) is 5.15 Å². The summed E-state index contributed by atoms with van der Waals surface area (Å²) in [6, 6.07) is 6.56. The normalized spacial score (nSPS) is 12.0. The van der Waals surface area contributed by atoms with Gasteiger partial charge in [0.25, 0.3) is 5.91 Å². The van der Waals surface area contributed by atoms with Crippen molar-refractivity contribution in [1.29, 1.82) is 0 Å². The monoisotopic (exact) mass is 631 g/mol. The molecule has 0 fully saturated rings. The molecule has 1 aromatic heterocycles. The Labute approximate surface area is 261 Å². The second kappa shape index (κ2) is 15.7. The number of rotatable bonds is 14. The second-order valence-electron chi connectivity index (χ2n) is 11.2. The number of unbranched alkanes of at least 4 members (excludes halogenated alkanes) is 1. The van der Waals surface area contributed by atoms with Crippen LogP contribution in [-0.2, 0) is 9.47 Å². The summed E-state index contributed by atoms with van der Waals surface area (Å²) in [4.78, 5) is 32.9. The fourth-order valence-corrected chi connectivity index (χ4v) is 4.52. The van der Waals surface area contributed by atoms with E-state index in [1.807, 2.05) is 20.8 Å². The number of H-pyrrole nitrogens is 1. The van der Waals surface area contributed by atoms with Crippen LogP contribution in [0.3, 0.4) is 0 Å². The van der Waals surface area contributed by atoms with E-state index in [4.69, 9.17) is 21.1 Å². The van der Waals surface area contributed by atoms with Gasteiger partial charge in [-0.1, -0.05) is 31.0 Å². The molecule has 0 saturated carbocycles. The summed E-state index contributed by atoms with van der Waals surface area (Å²) in [5.74, 6) is -2.59. The Balaban J connectivity index is 1.85. The van der Waals surface area contributed by atoms with Crippen molar-refractivity contribution in [2.24, 2.45) is 0 Å². The molecule has 12 heteroatoms. The molecule has 44 heavy (non-hydrogen) atoms. The van der Waals surface area contributed by atoms with E-state index in [9.17, 15) is 18.4 Å². The van der Waals surface area contributed by atoms with Gasteiger partial charge in [-0.15, -0.1) is 6.58 Å². The van der Waals surface area contributed by atoms with Gasteiger partial charge in [0.15, 0.2) is 0 Å². The van der Waals surface area contributed by atoms with Crippen LogP contribution in [0.15, 0.2) is 43.0 Å². The number of carbonyl (C=O) groups is 2. The number of anilines is 2. The van der Waals surface area contributed by atoms with Crippen LogP contribution in [0.1, 0.15) is 74.7 Å². The van der Waals surface area contributed by atoms with E-state index in [-0.39, 0.29) is 36.2 Å². The van der Waals surface area contributed by atoms with Crippen molar-refractivity contribution in [3.8, 4) is 11.3 Å². The Morgan fingerprint density at radius 3 is 2.50 bits per heavy atom. The smallest absolute Gasteiger partial charge is 0.411 e. The highest BCUT2D eigenvalue weighted by Crippen LogP contribution is 2.35. The maximum Gasteiger partial charge on any atom is 0.411 e. The van der Waals surface area contributed by atoms with Crippen molar-refractivity contribution in [2.45, 2.75) is 65.5 Å². The van der Waals surface area contributed by atoms with Gasteiger partial charge in [-0.25, -0.2) is 18.6 Å². The third kappa shape index (κ3) is 9.78. The molecule has 0 aliphatic carbocycles. The zero-order valence-electron chi connectivity index (χ0n) is 25.7. The molecule has 1 atom stereocenters. The van der Waals surface area contributed by atoms with Gasteiger partial charge in [0.1, 0.15) is 40.5 Å². The van der Waals surface area contributed by atoms with Gasteiger partial charge in [0.05, 0.1) is 18.2 Å². The average molecular weight is 632 g/mol. The standard InChI is InChI=1S/C32H40ClF2N5O4/c1-7-9-13-36-25-18-20(37-31(42)43-14-15-44-32(4,5)6)11-12-21(25)27-28(33)40-29(39-27)24(10-8-2)38-30(41)26-22(34)16-19(3)17-23(26)35/h8,11-12,16-18,24,36H,2,7,9-10,13-15H2,1,3-6H3,(H,37,42)(H,38,41)(H,39,40). The number of imidazole rings is 1. The molecule has 3 rings (SSSR count). The maximum absolute atomic E-state index is 14.5. The van der Waals surface area contributed by atoms with E-state index in [1.54, 1.807) is 24.3 Å². The highest BCUT2D eigenvalue weighted by atomic mass is 35.5. The number of nitrogens with one attached hydrogen (secondary N) is 4. The molecule has 2 aromatic carbocycles. The number of carbonyl (C=O) groups excluding carboxylic acids is 2. The maximum atomic E-state index is 14.5. The quantitative estimate of drug-likeness (QED) is 0.106. The molecule has 0 saturated heterocycles. The first-order chi connectivity index (χ1) is 20.8. The van der Waals surface area contributed by atoms with E-state index in [2.05, 4.69) is 39.4 Å². The fraction of sp³-hybridized carbons (Fsp3) is 0.406. The van der Waals surface area contributed by atoms with E-state index in [0.29, 0.717) is 34.7 Å². The van der Waals surface area contributed by atoms with Crippen LogP contribution >= 0.6 is 11.6 Å². The summed E-state index contributed by atoms with van der Waals surface area (Å²) in [7, 11) is 0. The van der Waals surface area contributed by atoms with Crippen LogP contribution in [-0.4, -0.2) is 47.3 Å². The van der Waals surface area contributed by atoms with Gasteiger partial charge < -0.3 is 25.1 Å². The van der Waals surface area contributed by atoms with E-state index >= 15 is 0 Å². The molecule has 0 bridgehead atoms. The van der Waals surface area contributed by atoms with Gasteiger partial charge in [-0.2, -0.15) is 0 Å². The number of hydrogen-bond acceptors (Lipinski definition) is 6. The molecule has 0 radical (unpaired) electrons. The lowest BCUT2D eigenvalue weighted by Crippen LogP contribution is -2.30. The van der Waals surface area contributed by atoms with Crippen LogP contribution in [0.25, 0.3) is 11.3 Å². The predicted octanol–water partition coefficient (Wildman–Crippen LogP) is 7.94. The van der Waals surface area contributed by atoms with Crippen molar-refractivity contribution in [2.75, 3.05) is 30.4 Å². The number of ether oxygens (including phenoxy) is 2. The first-order valence-corrected chi connectivity index (χ1v) is 14.8. The Morgan fingerprint density at radius 1 is 1.16 bits per heavy atom. The minimum Gasteiger partial charge on any atom is -0.447 e. The Hall–Kier alpha value is -3.96. The summed E-state index contributed by atoms with van der Waals surface area (Å²) in [5, 5.41) is 8.90. The first kappa shape index (κ1) is 34.5. The molecule has 3 aromatic rings. The van der Waals surface area contributed by atoms with Crippen LogP contribution in [0.4, 0.5) is 25.0 Å². The number of benzene rings is 2. The minimum atomic E-state index is -0.964. The molecule has 0 aliphatic heterocycles. The summed E-state index contributed by atoms with van der Waals surface area (Å²) < 4.78 is 39.8. The number of halogens is 3. The Morgan fingerprint density at radius 2 is 1.86 bits per heavy atom. The van der Waals surface area contributed by atoms with Gasteiger partial charge in [0.2, 0.25) is 0 Å². The summed E-state index contributed by atoms with van der Waals surface area (Å²) in [6.07, 6.45) is 2.99. The number of nitrogens with zero attached hydrogens (tertiary/aromatic N) is 1. The van der Waals surface area contributed by atoms with Gasteiger partial charge in [-0.3, -0.25) is 10.1 Å². The number of aromatic nitrogens is 2. The summed E-state index contributed by atoms with van der Waals surface area (Å²) in [6.45, 7) is 14.1. The van der Waals surface area contributed by atoms with Gasteiger partial charge in [-0.05, 0) is 76.4 Å². The molecule has 238 valence electrons. The van der Waals surface area contributed by atoms with E-state index in [0.717, 1.165) is 25.0 Å². The second-order valence-corrected chi connectivity index (χ2v) is 11.6. The summed E-state index contributed by atoms with van der Waals surface area (Å²) >= 11 is 6.60. The lowest BCUT2D eigenvalue weighted by molar-refractivity contribution is -0.0218. The lowest BCUT2D eigenvalue weighted by atomic mass is 10.1. The predicted molar refractivity (Wildman–Crippen MR) is 169 cm³/mol. The van der Waals surface area contributed by atoms with Crippen molar-refractivity contribution in [3.05, 3.63) is 76.7 Å². The number of aryl methyl sites for hydroxylation is 1. The highest BCUT2D eigenvalue weighted by molar-refractivity contribution is 6.32. The number of aromatic amines is 1. The molecular formula is C32H40ClF2N5O4. The number of amides is 2. The van der Waals surface area contributed by atoms with Crippen molar-refractivity contribution in [1.82, 2.24) is 15.3 Å². The molecule has 4 N–H and O–H groups in total. The molecule has 1 unspecified atom stereocenters. The molecule has 0 spiro atoms. The lowest BCUT2D eigenvalue weighted by Gasteiger charge is -2.19. The van der Waals surface area contributed by atoms with Crippen molar-refractivity contribution < 1.29 is 27.8 Å². The third-order valence-corrected chi connectivity index (χ3v) is 6.62. The average Bonchev–Trinajstić information content (AvgIpc) is 3.31. The van der Waals surface area contributed by atoms with Crippen LogP contribution in [0.5, 0.6) is 0 Å². The van der Waals surface area contributed by atoms with Gasteiger partial charge in [0, 0.05) is 23.5 Å². The fourth-order valence-electron chi connectivity index (χ4n) is 4.28. The van der Waals surface area contributed by atoms with Crippen LogP contribution < -0.4 is 16.0 Å². The molecule has 1 heterocycles. The Kier molecular flexibility index (Phi) is 12.3. The van der Waals surface area contributed by atoms with Crippen molar-refractivity contribution in [3.63, 3.8) is 0 Å². The van der Waals surface area contributed by atoms with E-state index < -0.39 is 35.2 Å².